The lowest BCUT2D eigenvalue weighted by Crippen LogP contribution is -2.65. The number of phenols is 1. The van der Waals surface area contributed by atoms with Crippen LogP contribution >= 0.6 is 0 Å². The second kappa shape index (κ2) is 4.04. The van der Waals surface area contributed by atoms with Crippen LogP contribution in [0.15, 0.2) is 12.1 Å². The van der Waals surface area contributed by atoms with E-state index < -0.39 is 5.79 Å². The van der Waals surface area contributed by atoms with Crippen molar-refractivity contribution in [2.45, 2.75) is 55.8 Å². The van der Waals surface area contributed by atoms with Gasteiger partial charge in [-0.1, -0.05) is 12.5 Å². The van der Waals surface area contributed by atoms with Gasteiger partial charge in [-0.05, 0) is 49.1 Å². The van der Waals surface area contributed by atoms with Crippen LogP contribution in [0.5, 0.6) is 11.5 Å². The highest BCUT2D eigenvalue weighted by molar-refractivity contribution is 5.60. The van der Waals surface area contributed by atoms with E-state index in [0.717, 1.165) is 37.4 Å². The summed E-state index contributed by atoms with van der Waals surface area (Å²) in [5, 5.41) is 10.4. The number of ether oxygens (including phenoxy) is 3. The third kappa shape index (κ3) is 1.34. The van der Waals surface area contributed by atoms with E-state index in [1.165, 1.54) is 24.0 Å². The molecule has 23 heavy (non-hydrogen) atoms. The summed E-state index contributed by atoms with van der Waals surface area (Å²) >= 11 is 0. The number of hydrogen-bond acceptors (Lipinski definition) is 4. The average molecular weight is 314 g/mol. The van der Waals surface area contributed by atoms with Gasteiger partial charge in [0.1, 0.15) is 0 Å². The standard InChI is InChI=1S/C19H22O4/c20-14-4-3-12-10-11-2-1-6-18-13(11)5-7-19(21-8-9-22-19)17(18)23-16(14)15(12)18/h3-4,11,13,17,20H,1-2,5-10H2. The number of rotatable bonds is 0. The fraction of sp³-hybridized carbons (Fsp3) is 0.684. The Balaban J connectivity index is 1.64. The molecule has 0 aromatic heterocycles. The monoisotopic (exact) mass is 314 g/mol. The van der Waals surface area contributed by atoms with Gasteiger partial charge in [0.2, 0.25) is 5.79 Å². The Labute approximate surface area is 135 Å². The summed E-state index contributed by atoms with van der Waals surface area (Å²) in [4.78, 5) is 0. The summed E-state index contributed by atoms with van der Waals surface area (Å²) in [5.41, 5.74) is 2.67. The molecule has 1 aromatic rings. The maximum atomic E-state index is 10.4. The SMILES string of the molecule is Oc1ccc2c3c1OC1C4(CCC5C(CCCC351)C2)OCCO4. The minimum Gasteiger partial charge on any atom is -0.504 e. The Morgan fingerprint density at radius 2 is 1.96 bits per heavy atom. The minimum absolute atomic E-state index is 0.00678. The van der Waals surface area contributed by atoms with Gasteiger partial charge in [0.15, 0.2) is 17.6 Å². The Morgan fingerprint density at radius 1 is 1.09 bits per heavy atom. The molecule has 4 nitrogen and oxygen atoms in total. The molecule has 4 atom stereocenters. The zero-order valence-electron chi connectivity index (χ0n) is 13.2. The van der Waals surface area contributed by atoms with Crippen LogP contribution in [0, 0.1) is 11.8 Å². The predicted molar refractivity (Wildman–Crippen MR) is 82.6 cm³/mol. The predicted octanol–water partition coefficient (Wildman–Crippen LogP) is 2.90. The van der Waals surface area contributed by atoms with Crippen molar-refractivity contribution in [1.82, 2.24) is 0 Å². The van der Waals surface area contributed by atoms with Crippen LogP contribution in [0.25, 0.3) is 0 Å². The molecule has 2 bridgehead atoms. The summed E-state index contributed by atoms with van der Waals surface area (Å²) in [6.07, 6.45) is 6.82. The van der Waals surface area contributed by atoms with Crippen LogP contribution in [0.4, 0.5) is 0 Å². The molecule has 2 aliphatic heterocycles. The lowest BCUT2D eigenvalue weighted by molar-refractivity contribution is -0.259. The van der Waals surface area contributed by atoms with Crippen molar-refractivity contribution in [3.63, 3.8) is 0 Å². The first-order valence-electron chi connectivity index (χ1n) is 9.04. The molecule has 6 rings (SSSR count). The van der Waals surface area contributed by atoms with Crippen molar-refractivity contribution in [3.8, 4) is 11.5 Å². The fourth-order valence-electron chi connectivity index (χ4n) is 6.62. The quantitative estimate of drug-likeness (QED) is 0.800. The highest BCUT2D eigenvalue weighted by Crippen LogP contribution is 2.68. The van der Waals surface area contributed by atoms with Gasteiger partial charge < -0.3 is 19.3 Å². The second-order valence-electron chi connectivity index (χ2n) is 8.00. The van der Waals surface area contributed by atoms with Gasteiger partial charge in [-0.2, -0.15) is 0 Å². The molecule has 2 spiro atoms. The van der Waals surface area contributed by atoms with Crippen molar-refractivity contribution in [2.75, 3.05) is 13.2 Å². The molecular weight excluding hydrogens is 292 g/mol. The Kier molecular flexibility index (Phi) is 2.30. The highest BCUT2D eigenvalue weighted by Gasteiger charge is 2.70. The Hall–Kier alpha value is -1.26. The Bertz CT molecular complexity index is 693. The van der Waals surface area contributed by atoms with Crippen LogP contribution in [0.1, 0.15) is 43.2 Å². The third-order valence-corrected chi connectivity index (χ3v) is 7.25. The zero-order valence-corrected chi connectivity index (χ0v) is 13.2. The van der Waals surface area contributed by atoms with Gasteiger partial charge in [0.05, 0.1) is 13.2 Å². The molecule has 1 N–H and O–H groups in total. The Morgan fingerprint density at radius 3 is 2.83 bits per heavy atom. The summed E-state index contributed by atoms with van der Waals surface area (Å²) in [6.45, 7) is 1.30. The lowest BCUT2D eigenvalue weighted by Gasteiger charge is -2.58. The van der Waals surface area contributed by atoms with E-state index in [9.17, 15) is 5.11 Å². The topological polar surface area (TPSA) is 47.9 Å². The van der Waals surface area contributed by atoms with E-state index in [1.54, 1.807) is 6.07 Å². The van der Waals surface area contributed by atoms with E-state index in [0.29, 0.717) is 19.1 Å². The number of hydrogen-bond donors (Lipinski definition) is 1. The van der Waals surface area contributed by atoms with Gasteiger partial charge in [-0.3, -0.25) is 0 Å². The molecule has 4 unspecified atom stereocenters. The van der Waals surface area contributed by atoms with Crippen molar-refractivity contribution >= 4 is 0 Å². The molecule has 122 valence electrons. The number of aromatic hydroxyl groups is 1. The molecule has 1 saturated heterocycles. The summed E-state index contributed by atoms with van der Waals surface area (Å²) in [5.74, 6) is 1.80. The smallest absolute Gasteiger partial charge is 0.206 e. The van der Waals surface area contributed by atoms with E-state index in [-0.39, 0.29) is 17.3 Å². The van der Waals surface area contributed by atoms with Gasteiger partial charge in [-0.15, -0.1) is 0 Å². The van der Waals surface area contributed by atoms with Crippen molar-refractivity contribution in [2.24, 2.45) is 11.8 Å². The summed E-state index contributed by atoms with van der Waals surface area (Å²) < 4.78 is 18.7. The first-order valence-corrected chi connectivity index (χ1v) is 9.04. The van der Waals surface area contributed by atoms with Crippen LogP contribution < -0.4 is 4.74 Å². The first kappa shape index (κ1) is 13.1. The average Bonchev–Trinajstić information content (AvgIpc) is 3.14. The van der Waals surface area contributed by atoms with Crippen LogP contribution in [-0.4, -0.2) is 30.2 Å². The fourth-order valence-corrected chi connectivity index (χ4v) is 6.62. The molecule has 2 saturated carbocycles. The van der Waals surface area contributed by atoms with Crippen LogP contribution in [-0.2, 0) is 21.3 Å². The van der Waals surface area contributed by atoms with Gasteiger partial charge in [0, 0.05) is 17.4 Å². The highest BCUT2D eigenvalue weighted by atomic mass is 16.8. The number of benzene rings is 1. The number of phenolic OH excluding ortho intramolecular Hbond substituents is 1. The minimum atomic E-state index is -0.599. The van der Waals surface area contributed by atoms with E-state index in [2.05, 4.69) is 6.07 Å². The molecule has 0 amide bonds. The van der Waals surface area contributed by atoms with E-state index in [1.807, 2.05) is 0 Å². The molecule has 3 fully saturated rings. The molecule has 4 heteroatoms. The van der Waals surface area contributed by atoms with Crippen molar-refractivity contribution < 1.29 is 19.3 Å². The lowest BCUT2D eigenvalue weighted by atomic mass is 9.47. The van der Waals surface area contributed by atoms with E-state index in [4.69, 9.17) is 14.2 Å². The van der Waals surface area contributed by atoms with E-state index >= 15 is 0 Å². The van der Waals surface area contributed by atoms with Gasteiger partial charge in [0.25, 0.3) is 0 Å². The maximum absolute atomic E-state index is 10.4. The molecule has 2 heterocycles. The molecule has 3 aliphatic carbocycles. The van der Waals surface area contributed by atoms with Crippen molar-refractivity contribution in [3.05, 3.63) is 23.3 Å². The normalized spacial score (nSPS) is 41.7. The molecular formula is C19H22O4. The first-order chi connectivity index (χ1) is 11.2. The summed E-state index contributed by atoms with van der Waals surface area (Å²) in [6, 6.07) is 3.93. The molecule has 0 radical (unpaired) electrons. The largest absolute Gasteiger partial charge is 0.504 e. The van der Waals surface area contributed by atoms with Crippen LogP contribution in [0.2, 0.25) is 0 Å². The zero-order chi connectivity index (χ0) is 15.2. The number of fused-ring (bicyclic) bond motifs is 1. The summed E-state index contributed by atoms with van der Waals surface area (Å²) in [7, 11) is 0. The van der Waals surface area contributed by atoms with Crippen molar-refractivity contribution in [1.29, 1.82) is 0 Å². The van der Waals surface area contributed by atoms with Gasteiger partial charge in [-0.25, -0.2) is 0 Å². The second-order valence-corrected chi connectivity index (χ2v) is 8.00. The van der Waals surface area contributed by atoms with Gasteiger partial charge >= 0.3 is 0 Å². The van der Waals surface area contributed by atoms with Crippen LogP contribution in [0.3, 0.4) is 0 Å². The third-order valence-electron chi connectivity index (χ3n) is 7.25. The molecule has 1 aromatic carbocycles. The molecule has 5 aliphatic rings. The maximum Gasteiger partial charge on any atom is 0.206 e.